The minimum Gasteiger partial charge on any atom is -0.0901 e. The second-order valence-electron chi connectivity index (χ2n) is 15.6. The molecule has 0 saturated heterocycles. The van der Waals surface area contributed by atoms with Crippen LogP contribution in [0.4, 0.5) is 0 Å². The number of benzene rings is 9. The molecule has 0 unspecified atom stereocenters. The van der Waals surface area contributed by atoms with Gasteiger partial charge in [-0.05, 0) is 143 Å². The van der Waals surface area contributed by atoms with Gasteiger partial charge in [0.25, 0.3) is 0 Å². The number of allylic oxidation sites excluding steroid dienone is 1. The van der Waals surface area contributed by atoms with Gasteiger partial charge < -0.3 is 0 Å². The van der Waals surface area contributed by atoms with E-state index in [0.717, 1.165) is 0 Å². The van der Waals surface area contributed by atoms with Gasteiger partial charge in [0.05, 0.1) is 0 Å². The van der Waals surface area contributed by atoms with E-state index in [1.54, 1.807) is 0 Å². The SMILES string of the molecule is C/C=C\c1cc(Sc2ccc(-c3c4ccccc4c(-c4ccc(-c5cc6c(c7ccccc57)-c5ccccc5C6(C)C)cc4)c4ccccc34)cc2)ccc1C. The second kappa shape index (κ2) is 13.6. The summed E-state index contributed by atoms with van der Waals surface area (Å²) < 4.78 is 0. The molecular weight excluding hydrogens is 693 g/mol. The zero-order valence-corrected chi connectivity index (χ0v) is 33.0. The maximum Gasteiger partial charge on any atom is 0.0159 e. The Kier molecular flexibility index (Phi) is 8.31. The summed E-state index contributed by atoms with van der Waals surface area (Å²) in [5, 5.41) is 7.71. The summed E-state index contributed by atoms with van der Waals surface area (Å²) >= 11 is 1.82. The van der Waals surface area contributed by atoms with E-state index in [0.29, 0.717) is 0 Å². The normalized spacial score (nSPS) is 13.1. The maximum atomic E-state index is 2.47. The molecule has 0 bridgehead atoms. The van der Waals surface area contributed by atoms with E-state index in [1.165, 1.54) is 109 Å². The number of rotatable bonds is 6. The molecule has 9 aromatic rings. The molecule has 0 fully saturated rings. The smallest absolute Gasteiger partial charge is 0.0159 e. The van der Waals surface area contributed by atoms with Crippen LogP contribution in [0.25, 0.3) is 82.9 Å². The van der Waals surface area contributed by atoms with E-state index >= 15 is 0 Å². The average molecular weight is 735 g/mol. The zero-order valence-electron chi connectivity index (χ0n) is 32.2. The van der Waals surface area contributed by atoms with Crippen LogP contribution < -0.4 is 0 Å². The highest BCUT2D eigenvalue weighted by molar-refractivity contribution is 7.99. The van der Waals surface area contributed by atoms with E-state index < -0.39 is 0 Å². The van der Waals surface area contributed by atoms with Crippen LogP contribution in [0, 0.1) is 6.92 Å². The molecule has 0 N–H and O–H groups in total. The third-order valence-electron chi connectivity index (χ3n) is 12.0. The Bertz CT molecular complexity index is 2960. The van der Waals surface area contributed by atoms with Crippen LogP contribution in [0.5, 0.6) is 0 Å². The average Bonchev–Trinajstić information content (AvgIpc) is 3.47. The Morgan fingerprint density at radius 3 is 1.50 bits per heavy atom. The fraction of sp³-hybridized carbons (Fsp3) is 0.0909. The molecule has 0 spiro atoms. The van der Waals surface area contributed by atoms with E-state index in [1.807, 2.05) is 11.8 Å². The summed E-state index contributed by atoms with van der Waals surface area (Å²) in [7, 11) is 0. The van der Waals surface area contributed by atoms with Crippen molar-refractivity contribution in [2.75, 3.05) is 0 Å². The molecule has 1 aliphatic carbocycles. The summed E-state index contributed by atoms with van der Waals surface area (Å²) in [5.74, 6) is 0. The van der Waals surface area contributed by atoms with Crippen molar-refractivity contribution in [1.82, 2.24) is 0 Å². The summed E-state index contributed by atoms with van der Waals surface area (Å²) in [6.07, 6.45) is 4.30. The molecule has 0 heterocycles. The van der Waals surface area contributed by atoms with Crippen molar-refractivity contribution < 1.29 is 0 Å². The predicted octanol–water partition coefficient (Wildman–Crippen LogP) is 15.9. The first-order valence-electron chi connectivity index (χ1n) is 19.6. The molecule has 1 aliphatic rings. The highest BCUT2D eigenvalue weighted by Crippen LogP contribution is 2.53. The van der Waals surface area contributed by atoms with Crippen LogP contribution in [-0.4, -0.2) is 0 Å². The van der Waals surface area contributed by atoms with Crippen molar-refractivity contribution in [3.05, 3.63) is 198 Å². The zero-order chi connectivity index (χ0) is 38.0. The molecule has 0 atom stereocenters. The number of aryl methyl sites for hydroxylation is 1. The lowest BCUT2D eigenvalue weighted by Crippen LogP contribution is -2.15. The van der Waals surface area contributed by atoms with Crippen molar-refractivity contribution in [2.45, 2.75) is 42.9 Å². The highest BCUT2D eigenvalue weighted by atomic mass is 32.2. The fourth-order valence-corrected chi connectivity index (χ4v) is 10.1. The van der Waals surface area contributed by atoms with Crippen LogP contribution >= 0.6 is 11.8 Å². The number of hydrogen-bond acceptors (Lipinski definition) is 1. The minimum absolute atomic E-state index is 0.0688. The van der Waals surface area contributed by atoms with Gasteiger partial charge in [-0.2, -0.15) is 0 Å². The van der Waals surface area contributed by atoms with Crippen molar-refractivity contribution in [3.63, 3.8) is 0 Å². The fourth-order valence-electron chi connectivity index (χ4n) is 9.22. The van der Waals surface area contributed by atoms with Crippen molar-refractivity contribution in [2.24, 2.45) is 0 Å². The lowest BCUT2D eigenvalue weighted by Gasteiger charge is -2.23. The van der Waals surface area contributed by atoms with Gasteiger partial charge in [-0.15, -0.1) is 0 Å². The topological polar surface area (TPSA) is 0 Å². The molecule has 0 aromatic heterocycles. The van der Waals surface area contributed by atoms with Crippen LogP contribution in [0.1, 0.15) is 43.0 Å². The predicted molar refractivity (Wildman–Crippen MR) is 243 cm³/mol. The molecule has 56 heavy (non-hydrogen) atoms. The van der Waals surface area contributed by atoms with Gasteiger partial charge in [0, 0.05) is 15.2 Å². The molecule has 0 amide bonds. The van der Waals surface area contributed by atoms with E-state index in [2.05, 4.69) is 210 Å². The summed E-state index contributed by atoms with van der Waals surface area (Å²) in [4.78, 5) is 2.49. The van der Waals surface area contributed by atoms with E-state index in [9.17, 15) is 0 Å². The Hall–Kier alpha value is -6.15. The van der Waals surface area contributed by atoms with E-state index in [-0.39, 0.29) is 5.41 Å². The Balaban J connectivity index is 1.07. The number of fused-ring (bicyclic) bond motifs is 7. The summed E-state index contributed by atoms with van der Waals surface area (Å²) in [6.45, 7) is 8.99. The molecule has 10 rings (SSSR count). The first-order chi connectivity index (χ1) is 27.4. The van der Waals surface area contributed by atoms with Crippen molar-refractivity contribution in [3.8, 4) is 44.5 Å². The van der Waals surface area contributed by atoms with Crippen LogP contribution in [0.2, 0.25) is 0 Å². The molecule has 0 radical (unpaired) electrons. The lowest BCUT2D eigenvalue weighted by molar-refractivity contribution is 0.661. The maximum absolute atomic E-state index is 2.47. The highest BCUT2D eigenvalue weighted by Gasteiger charge is 2.37. The third-order valence-corrected chi connectivity index (χ3v) is 13.0. The van der Waals surface area contributed by atoms with Gasteiger partial charge in [-0.25, -0.2) is 0 Å². The molecule has 0 saturated carbocycles. The van der Waals surface area contributed by atoms with Crippen molar-refractivity contribution >= 4 is 50.2 Å². The first kappa shape index (κ1) is 34.3. The molecule has 1 heteroatoms. The Labute approximate surface area is 334 Å². The first-order valence-corrected chi connectivity index (χ1v) is 20.4. The Morgan fingerprint density at radius 2 is 0.911 bits per heavy atom. The van der Waals surface area contributed by atoms with Crippen LogP contribution in [0.15, 0.2) is 186 Å². The van der Waals surface area contributed by atoms with Crippen LogP contribution in [-0.2, 0) is 5.41 Å². The summed E-state index contributed by atoms with van der Waals surface area (Å²) in [6, 6.07) is 63.5. The Morgan fingerprint density at radius 1 is 0.429 bits per heavy atom. The standard InChI is InChI=1S/C55H42S/c1-5-14-39-33-41(30-23-35(39)2)56-40-31-28-38(29-32-40)53-46-19-10-8-17-44(46)52(45-18-9-11-20-47(45)53)37-26-24-36(25-27-37)49-34-51-54(43-16-7-6-15-42(43)49)48-21-12-13-22-50(48)55(51,3)4/h5-34H,1-4H3/b14-5-. The minimum atomic E-state index is -0.0688. The van der Waals surface area contributed by atoms with Gasteiger partial charge in [-0.1, -0.05) is 177 Å². The molecule has 0 aliphatic heterocycles. The molecule has 268 valence electrons. The van der Waals surface area contributed by atoms with E-state index in [4.69, 9.17) is 0 Å². The second-order valence-corrected chi connectivity index (χ2v) is 16.8. The summed E-state index contributed by atoms with van der Waals surface area (Å²) in [5.41, 5.74) is 15.6. The quantitative estimate of drug-likeness (QED) is 0.153. The molecule has 0 nitrogen and oxygen atoms in total. The molecule has 9 aromatic carbocycles. The monoisotopic (exact) mass is 734 g/mol. The van der Waals surface area contributed by atoms with Crippen LogP contribution in [0.3, 0.4) is 0 Å². The largest absolute Gasteiger partial charge is 0.0901 e. The van der Waals surface area contributed by atoms with Gasteiger partial charge in [0.1, 0.15) is 0 Å². The third kappa shape index (κ3) is 5.53. The van der Waals surface area contributed by atoms with Gasteiger partial charge >= 0.3 is 0 Å². The molecular formula is C55H42S. The van der Waals surface area contributed by atoms with Gasteiger partial charge in [-0.3, -0.25) is 0 Å². The van der Waals surface area contributed by atoms with Gasteiger partial charge in [0.15, 0.2) is 0 Å². The van der Waals surface area contributed by atoms with Gasteiger partial charge in [0.2, 0.25) is 0 Å². The number of hydrogen-bond donors (Lipinski definition) is 0. The lowest BCUT2D eigenvalue weighted by atomic mass is 9.80. The van der Waals surface area contributed by atoms with Crippen molar-refractivity contribution in [1.29, 1.82) is 0 Å².